The molecule has 1 aromatic carbocycles. The van der Waals surface area contributed by atoms with Crippen molar-refractivity contribution in [2.75, 3.05) is 0 Å². The molecule has 1 heterocycles. The smallest absolute Gasteiger partial charge is 0.155 e. The van der Waals surface area contributed by atoms with Gasteiger partial charge in [0.2, 0.25) is 0 Å². The Kier molecular flexibility index (Phi) is 2.22. The van der Waals surface area contributed by atoms with Gasteiger partial charge in [-0.2, -0.15) is 0 Å². The quantitative estimate of drug-likeness (QED) is 0.676. The zero-order chi connectivity index (χ0) is 8.72. The molecule has 0 saturated carbocycles. The van der Waals surface area contributed by atoms with E-state index >= 15 is 0 Å². The van der Waals surface area contributed by atoms with Crippen LogP contribution in [-0.4, -0.2) is 4.98 Å². The van der Waals surface area contributed by atoms with E-state index in [4.69, 9.17) is 11.6 Å². The van der Waals surface area contributed by atoms with Crippen LogP contribution in [0.2, 0.25) is 5.02 Å². The van der Waals surface area contributed by atoms with E-state index in [1.54, 1.807) is 6.07 Å². The summed E-state index contributed by atoms with van der Waals surface area (Å²) in [5.74, 6) is -0.350. The third-order valence-electron chi connectivity index (χ3n) is 1.39. The summed E-state index contributed by atoms with van der Waals surface area (Å²) in [6.45, 7) is 0. The SMILES string of the molecule is Fc1cc(Cl)cc2sc(I)nc12. The fraction of sp³-hybridized carbons (Fsp3) is 0. The highest BCUT2D eigenvalue weighted by Crippen LogP contribution is 2.28. The number of hydrogen-bond donors (Lipinski definition) is 0. The van der Waals surface area contributed by atoms with E-state index < -0.39 is 0 Å². The third-order valence-corrected chi connectivity index (χ3v) is 3.30. The molecule has 0 aliphatic carbocycles. The number of halogens is 3. The van der Waals surface area contributed by atoms with Crippen LogP contribution >= 0.6 is 45.5 Å². The highest BCUT2D eigenvalue weighted by atomic mass is 127. The van der Waals surface area contributed by atoms with Crippen molar-refractivity contribution in [2.24, 2.45) is 0 Å². The van der Waals surface area contributed by atoms with Crippen molar-refractivity contribution in [1.29, 1.82) is 0 Å². The summed E-state index contributed by atoms with van der Waals surface area (Å²) >= 11 is 9.16. The van der Waals surface area contributed by atoms with Crippen molar-refractivity contribution in [3.8, 4) is 0 Å². The Morgan fingerprint density at radius 3 is 3.00 bits per heavy atom. The van der Waals surface area contributed by atoms with Crippen LogP contribution in [0.4, 0.5) is 4.39 Å². The molecular formula is C7H2ClFINS. The molecule has 2 rings (SSSR count). The van der Waals surface area contributed by atoms with Gasteiger partial charge in [0.25, 0.3) is 0 Å². The van der Waals surface area contributed by atoms with Crippen LogP contribution in [0.25, 0.3) is 10.2 Å². The van der Waals surface area contributed by atoms with Crippen LogP contribution in [0.5, 0.6) is 0 Å². The van der Waals surface area contributed by atoms with Crippen molar-refractivity contribution in [3.05, 3.63) is 26.0 Å². The molecule has 1 aromatic heterocycles. The van der Waals surface area contributed by atoms with Gasteiger partial charge in [0.15, 0.2) is 8.83 Å². The predicted octanol–water partition coefficient (Wildman–Crippen LogP) is 3.69. The fourth-order valence-corrected chi connectivity index (χ4v) is 2.90. The largest absolute Gasteiger partial charge is 0.227 e. The molecule has 0 N–H and O–H groups in total. The lowest BCUT2D eigenvalue weighted by atomic mass is 10.3. The number of rotatable bonds is 0. The van der Waals surface area contributed by atoms with Crippen molar-refractivity contribution < 1.29 is 4.39 Å². The molecular weight excluding hydrogens is 312 g/mol. The minimum atomic E-state index is -0.350. The van der Waals surface area contributed by atoms with E-state index in [0.717, 1.165) is 7.71 Å². The molecule has 12 heavy (non-hydrogen) atoms. The zero-order valence-electron chi connectivity index (χ0n) is 5.64. The van der Waals surface area contributed by atoms with E-state index in [9.17, 15) is 4.39 Å². The van der Waals surface area contributed by atoms with Crippen LogP contribution < -0.4 is 0 Å². The monoisotopic (exact) mass is 313 g/mol. The summed E-state index contributed by atoms with van der Waals surface area (Å²) < 4.78 is 14.7. The molecule has 0 radical (unpaired) electrons. The number of fused-ring (bicyclic) bond motifs is 1. The second kappa shape index (κ2) is 3.08. The maximum absolute atomic E-state index is 13.1. The molecule has 1 nitrogen and oxygen atoms in total. The summed E-state index contributed by atoms with van der Waals surface area (Å²) in [7, 11) is 0. The molecule has 2 aromatic rings. The molecule has 0 unspecified atom stereocenters. The number of nitrogens with zero attached hydrogens (tertiary/aromatic N) is 1. The van der Waals surface area contributed by atoms with Crippen LogP contribution in [0, 0.1) is 8.83 Å². The normalized spacial score (nSPS) is 10.9. The summed E-state index contributed by atoms with van der Waals surface area (Å²) in [6, 6.07) is 3.00. The average molecular weight is 314 g/mol. The van der Waals surface area contributed by atoms with E-state index in [0.29, 0.717) is 10.5 Å². The first-order chi connectivity index (χ1) is 5.66. The molecule has 0 bridgehead atoms. The second-order valence-corrected chi connectivity index (χ2v) is 5.42. The van der Waals surface area contributed by atoms with E-state index in [1.165, 1.54) is 17.4 Å². The molecule has 0 aliphatic rings. The molecule has 0 saturated heterocycles. The van der Waals surface area contributed by atoms with Crippen LogP contribution in [0.3, 0.4) is 0 Å². The Morgan fingerprint density at radius 1 is 1.50 bits per heavy atom. The first-order valence-electron chi connectivity index (χ1n) is 3.08. The van der Waals surface area contributed by atoms with Crippen LogP contribution in [0.1, 0.15) is 0 Å². The second-order valence-electron chi connectivity index (χ2n) is 2.20. The van der Waals surface area contributed by atoms with Crippen molar-refractivity contribution in [3.63, 3.8) is 0 Å². The van der Waals surface area contributed by atoms with Crippen molar-refractivity contribution >= 4 is 55.7 Å². The number of aromatic nitrogens is 1. The predicted molar refractivity (Wildman–Crippen MR) is 57.3 cm³/mol. The Labute approximate surface area is 90.7 Å². The highest BCUT2D eigenvalue weighted by molar-refractivity contribution is 14.1. The molecule has 5 heteroatoms. The molecule has 0 atom stereocenters. The van der Waals surface area contributed by atoms with Gasteiger partial charge < -0.3 is 0 Å². The maximum atomic E-state index is 13.1. The first-order valence-corrected chi connectivity index (χ1v) is 5.35. The average Bonchev–Trinajstić information content (AvgIpc) is 2.29. The zero-order valence-corrected chi connectivity index (χ0v) is 9.37. The van der Waals surface area contributed by atoms with Gasteiger partial charge in [-0.1, -0.05) is 11.6 Å². The number of thiazole rings is 1. The molecule has 0 spiro atoms. The van der Waals surface area contributed by atoms with Crippen molar-refractivity contribution in [1.82, 2.24) is 4.98 Å². The van der Waals surface area contributed by atoms with E-state index in [-0.39, 0.29) is 5.82 Å². The molecule has 0 aliphatic heterocycles. The number of hydrogen-bond acceptors (Lipinski definition) is 2. The fourth-order valence-electron chi connectivity index (χ4n) is 0.930. The van der Waals surface area contributed by atoms with Crippen LogP contribution in [-0.2, 0) is 0 Å². The lowest BCUT2D eigenvalue weighted by molar-refractivity contribution is 0.637. The molecule has 0 amide bonds. The molecule has 0 fully saturated rings. The van der Waals surface area contributed by atoms with Gasteiger partial charge in [0.1, 0.15) is 5.52 Å². The first kappa shape index (κ1) is 8.65. The Morgan fingerprint density at radius 2 is 2.25 bits per heavy atom. The summed E-state index contributed by atoms with van der Waals surface area (Å²) in [5.41, 5.74) is 0.411. The van der Waals surface area contributed by atoms with Gasteiger partial charge in [-0.15, -0.1) is 11.3 Å². The van der Waals surface area contributed by atoms with Gasteiger partial charge in [-0.3, -0.25) is 0 Å². The third kappa shape index (κ3) is 1.43. The van der Waals surface area contributed by atoms with Gasteiger partial charge >= 0.3 is 0 Å². The maximum Gasteiger partial charge on any atom is 0.155 e. The van der Waals surface area contributed by atoms with Gasteiger partial charge in [-0.05, 0) is 34.7 Å². The Hall–Kier alpha value is 0.0600. The van der Waals surface area contributed by atoms with Crippen molar-refractivity contribution in [2.45, 2.75) is 0 Å². The van der Waals surface area contributed by atoms with E-state index in [1.807, 2.05) is 0 Å². The lowest BCUT2D eigenvalue weighted by Crippen LogP contribution is -1.77. The van der Waals surface area contributed by atoms with Gasteiger partial charge in [0.05, 0.1) is 4.70 Å². The van der Waals surface area contributed by atoms with Crippen LogP contribution in [0.15, 0.2) is 12.1 Å². The standard InChI is InChI=1S/C7H2ClFINS/c8-3-1-4(9)6-5(2-3)12-7(10)11-6/h1-2H. The number of benzene rings is 1. The topological polar surface area (TPSA) is 12.9 Å². The van der Waals surface area contributed by atoms with E-state index in [2.05, 4.69) is 27.6 Å². The Bertz CT molecular complexity index is 442. The summed E-state index contributed by atoms with van der Waals surface area (Å²) in [4.78, 5) is 4.03. The van der Waals surface area contributed by atoms with Gasteiger partial charge in [0, 0.05) is 5.02 Å². The van der Waals surface area contributed by atoms with Gasteiger partial charge in [-0.25, -0.2) is 9.37 Å². The Balaban J connectivity index is 2.88. The molecule has 62 valence electrons. The minimum Gasteiger partial charge on any atom is -0.227 e. The summed E-state index contributed by atoms with van der Waals surface area (Å²) in [5, 5.41) is 0.417. The minimum absolute atomic E-state index is 0.350. The lowest BCUT2D eigenvalue weighted by Gasteiger charge is -1.90. The highest BCUT2D eigenvalue weighted by Gasteiger charge is 2.07. The summed E-state index contributed by atoms with van der Waals surface area (Å²) in [6.07, 6.45) is 0.